The zero-order valence-corrected chi connectivity index (χ0v) is 9.31. The molecule has 4 nitrogen and oxygen atoms in total. The van der Waals surface area contributed by atoms with Gasteiger partial charge in [-0.25, -0.2) is 9.97 Å². The van der Waals surface area contributed by atoms with Crippen molar-refractivity contribution < 1.29 is 5.11 Å². The van der Waals surface area contributed by atoms with Gasteiger partial charge in [0.2, 0.25) is 5.95 Å². The van der Waals surface area contributed by atoms with Crippen molar-refractivity contribution >= 4 is 21.9 Å². The summed E-state index contributed by atoms with van der Waals surface area (Å²) in [6.07, 6.45) is 5.10. The van der Waals surface area contributed by atoms with Crippen LogP contribution in [0.2, 0.25) is 0 Å². The van der Waals surface area contributed by atoms with Crippen LogP contribution in [0.1, 0.15) is 0 Å². The van der Waals surface area contributed by atoms with Crippen molar-refractivity contribution in [3.63, 3.8) is 0 Å². The zero-order chi connectivity index (χ0) is 10.4. The van der Waals surface area contributed by atoms with E-state index in [0.717, 1.165) is 4.47 Å². The Morgan fingerprint density at radius 2 is 2.14 bits per heavy atom. The van der Waals surface area contributed by atoms with Gasteiger partial charge >= 0.3 is 0 Å². The van der Waals surface area contributed by atoms with Crippen molar-refractivity contribution in [1.29, 1.82) is 0 Å². The van der Waals surface area contributed by atoms with Crippen molar-refractivity contribution in [2.24, 2.45) is 0 Å². The molecule has 1 N–H and O–H groups in total. The van der Waals surface area contributed by atoms with Gasteiger partial charge in [0.05, 0.1) is 11.1 Å². The summed E-state index contributed by atoms with van der Waals surface area (Å²) in [4.78, 5) is 10.1. The topological polar surface area (TPSA) is 49.2 Å². The summed E-state index contributed by atoms with van der Waals surface area (Å²) in [5.74, 6) is 0.599. The van der Waals surface area contributed by atoms with E-state index >= 15 is 0 Å². The number of aliphatic hydroxyl groups is 1. The number of aliphatic hydroxyl groups excluding tert-OH is 1. The van der Waals surface area contributed by atoms with Gasteiger partial charge in [-0.05, 0) is 15.9 Å². The summed E-state index contributed by atoms with van der Waals surface area (Å²) in [5, 5.41) is 8.84. The largest absolute Gasteiger partial charge is 0.395 e. The highest BCUT2D eigenvalue weighted by Crippen LogP contribution is 2.10. The number of hydrogen-bond donors (Lipinski definition) is 1. The highest BCUT2D eigenvalue weighted by molar-refractivity contribution is 9.10. The quantitative estimate of drug-likeness (QED) is 0.807. The summed E-state index contributed by atoms with van der Waals surface area (Å²) in [6, 6.07) is 0. The second-order valence-corrected chi connectivity index (χ2v) is 3.58. The lowest BCUT2D eigenvalue weighted by Crippen LogP contribution is -2.28. The molecular formula is C9H12BrN3O. The van der Waals surface area contributed by atoms with Crippen LogP contribution in [0.5, 0.6) is 0 Å². The first-order valence-corrected chi connectivity index (χ1v) is 5.01. The number of anilines is 1. The molecule has 0 unspecified atom stereocenters. The van der Waals surface area contributed by atoms with Crippen LogP contribution in [-0.4, -0.2) is 34.8 Å². The lowest BCUT2D eigenvalue weighted by molar-refractivity contribution is 0.302. The van der Waals surface area contributed by atoms with Crippen LogP contribution in [0.25, 0.3) is 0 Å². The number of nitrogens with zero attached hydrogens (tertiary/aromatic N) is 3. The van der Waals surface area contributed by atoms with Crippen LogP contribution < -0.4 is 4.90 Å². The lowest BCUT2D eigenvalue weighted by Gasteiger charge is -2.19. The molecule has 1 aromatic heterocycles. The fraction of sp³-hybridized carbons (Fsp3) is 0.333. The average Bonchev–Trinajstić information content (AvgIpc) is 2.19. The second-order valence-electron chi connectivity index (χ2n) is 2.66. The Bertz CT molecular complexity index is 289. The van der Waals surface area contributed by atoms with Gasteiger partial charge in [-0.3, -0.25) is 0 Å². The standard InChI is InChI=1S/C9H12BrN3O/c1-2-3-13(4-5-14)9-11-6-8(10)7-12-9/h2,6-7,14H,1,3-5H2. The zero-order valence-electron chi connectivity index (χ0n) is 7.73. The SMILES string of the molecule is C=CCN(CCO)c1ncc(Br)cn1. The maximum absolute atomic E-state index is 8.84. The molecule has 1 aromatic rings. The molecule has 0 aliphatic carbocycles. The predicted molar refractivity (Wildman–Crippen MR) is 59.2 cm³/mol. The fourth-order valence-electron chi connectivity index (χ4n) is 1.02. The first-order chi connectivity index (χ1) is 6.77. The van der Waals surface area contributed by atoms with Crippen LogP contribution in [0.4, 0.5) is 5.95 Å². The third-order valence-electron chi connectivity index (χ3n) is 1.61. The monoisotopic (exact) mass is 257 g/mol. The van der Waals surface area contributed by atoms with Gasteiger partial charge in [0, 0.05) is 25.5 Å². The molecule has 0 radical (unpaired) electrons. The Hall–Kier alpha value is -0.940. The summed E-state index contributed by atoms with van der Waals surface area (Å²) in [6.45, 7) is 4.85. The number of halogens is 1. The fourth-order valence-corrected chi connectivity index (χ4v) is 1.22. The van der Waals surface area contributed by atoms with E-state index in [9.17, 15) is 0 Å². The number of hydrogen-bond acceptors (Lipinski definition) is 4. The molecule has 5 heteroatoms. The van der Waals surface area contributed by atoms with Crippen molar-refractivity contribution in [3.05, 3.63) is 29.5 Å². The minimum absolute atomic E-state index is 0.0767. The van der Waals surface area contributed by atoms with Crippen LogP contribution in [0.3, 0.4) is 0 Å². The van der Waals surface area contributed by atoms with Crippen molar-refractivity contribution in [2.75, 3.05) is 24.6 Å². The summed E-state index contributed by atoms with van der Waals surface area (Å²) < 4.78 is 0.837. The third kappa shape index (κ3) is 3.08. The molecule has 0 bridgehead atoms. The van der Waals surface area contributed by atoms with E-state index < -0.39 is 0 Å². The maximum Gasteiger partial charge on any atom is 0.225 e. The lowest BCUT2D eigenvalue weighted by atomic mass is 10.5. The van der Waals surface area contributed by atoms with E-state index in [0.29, 0.717) is 19.0 Å². The Morgan fingerprint density at radius 3 is 2.64 bits per heavy atom. The Balaban J connectivity index is 2.76. The van der Waals surface area contributed by atoms with Gasteiger partial charge in [0.1, 0.15) is 0 Å². The molecule has 0 amide bonds. The number of aromatic nitrogens is 2. The van der Waals surface area contributed by atoms with Gasteiger partial charge in [-0.2, -0.15) is 0 Å². The molecule has 0 saturated heterocycles. The first-order valence-electron chi connectivity index (χ1n) is 4.22. The second kappa shape index (κ2) is 5.72. The Labute approximate surface area is 91.4 Å². The molecule has 0 aromatic carbocycles. The van der Waals surface area contributed by atoms with Gasteiger partial charge in [0.25, 0.3) is 0 Å². The normalized spacial score (nSPS) is 9.86. The van der Waals surface area contributed by atoms with Crippen molar-refractivity contribution in [3.8, 4) is 0 Å². The van der Waals surface area contributed by atoms with Crippen LogP contribution >= 0.6 is 15.9 Å². The predicted octanol–water partition coefficient (Wildman–Crippen LogP) is 1.22. The average molecular weight is 258 g/mol. The van der Waals surface area contributed by atoms with Crippen molar-refractivity contribution in [2.45, 2.75) is 0 Å². The van der Waals surface area contributed by atoms with E-state index in [1.54, 1.807) is 18.5 Å². The highest BCUT2D eigenvalue weighted by atomic mass is 79.9. The maximum atomic E-state index is 8.84. The molecule has 0 fully saturated rings. The molecule has 0 spiro atoms. The molecule has 0 aliphatic heterocycles. The Kier molecular flexibility index (Phi) is 4.55. The van der Waals surface area contributed by atoms with E-state index in [1.165, 1.54) is 0 Å². The van der Waals surface area contributed by atoms with E-state index in [1.807, 2.05) is 4.90 Å². The third-order valence-corrected chi connectivity index (χ3v) is 2.02. The summed E-state index contributed by atoms with van der Waals surface area (Å²) >= 11 is 3.26. The Morgan fingerprint density at radius 1 is 1.50 bits per heavy atom. The molecular weight excluding hydrogens is 246 g/mol. The minimum Gasteiger partial charge on any atom is -0.395 e. The molecule has 14 heavy (non-hydrogen) atoms. The molecule has 1 rings (SSSR count). The van der Waals surface area contributed by atoms with E-state index in [-0.39, 0.29) is 6.61 Å². The molecule has 0 aliphatic rings. The van der Waals surface area contributed by atoms with Gasteiger partial charge in [-0.15, -0.1) is 6.58 Å². The van der Waals surface area contributed by atoms with Crippen LogP contribution in [0.15, 0.2) is 29.5 Å². The molecule has 76 valence electrons. The molecule has 0 saturated carbocycles. The summed E-state index contributed by atoms with van der Waals surface area (Å²) in [7, 11) is 0. The van der Waals surface area contributed by atoms with Crippen LogP contribution in [-0.2, 0) is 0 Å². The van der Waals surface area contributed by atoms with E-state index in [2.05, 4.69) is 32.5 Å². The number of rotatable bonds is 5. The van der Waals surface area contributed by atoms with Crippen LogP contribution in [0, 0.1) is 0 Å². The highest BCUT2D eigenvalue weighted by Gasteiger charge is 2.05. The summed E-state index contributed by atoms with van der Waals surface area (Å²) in [5.41, 5.74) is 0. The van der Waals surface area contributed by atoms with Gasteiger partial charge < -0.3 is 10.0 Å². The molecule has 0 atom stereocenters. The smallest absolute Gasteiger partial charge is 0.225 e. The van der Waals surface area contributed by atoms with Crippen molar-refractivity contribution in [1.82, 2.24) is 9.97 Å². The minimum atomic E-state index is 0.0767. The van der Waals surface area contributed by atoms with Gasteiger partial charge in [0.15, 0.2) is 0 Å². The van der Waals surface area contributed by atoms with Gasteiger partial charge in [-0.1, -0.05) is 6.08 Å². The first kappa shape index (κ1) is 11.1. The molecule has 1 heterocycles. The van der Waals surface area contributed by atoms with E-state index in [4.69, 9.17) is 5.11 Å².